The lowest BCUT2D eigenvalue weighted by atomic mass is 10.1. The number of rotatable bonds is 6. The van der Waals surface area contributed by atoms with Gasteiger partial charge in [0.2, 0.25) is 0 Å². The highest BCUT2D eigenvalue weighted by atomic mass is 16.5. The van der Waals surface area contributed by atoms with Crippen molar-refractivity contribution in [2.75, 3.05) is 18.2 Å². The second-order valence-electron chi connectivity index (χ2n) is 5.77. The number of hydrazone groups is 1. The van der Waals surface area contributed by atoms with Crippen molar-refractivity contribution in [3.63, 3.8) is 0 Å². The number of carbonyl (C=O) groups is 1. The van der Waals surface area contributed by atoms with Crippen LogP contribution in [0.25, 0.3) is 6.08 Å². The van der Waals surface area contributed by atoms with E-state index < -0.39 is 0 Å². The highest BCUT2D eigenvalue weighted by molar-refractivity contribution is 6.32. The van der Waals surface area contributed by atoms with E-state index in [9.17, 15) is 4.79 Å². The Hall–Kier alpha value is -3.08. The molecule has 5 nitrogen and oxygen atoms in total. The van der Waals surface area contributed by atoms with Crippen molar-refractivity contribution in [2.24, 2.45) is 5.10 Å². The molecule has 0 fully saturated rings. The molecular weight excluding hydrogens is 328 g/mol. The first-order chi connectivity index (χ1) is 12.6. The van der Waals surface area contributed by atoms with Gasteiger partial charge in [-0.05, 0) is 56.7 Å². The number of carbonyl (C=O) groups excluding carboxylic acids is 1. The Morgan fingerprint density at radius 2 is 1.69 bits per heavy atom. The molecule has 0 saturated carbocycles. The maximum absolute atomic E-state index is 12.8. The number of hydrogen-bond donors (Lipinski definition) is 0. The third-order valence-electron chi connectivity index (χ3n) is 3.94. The number of para-hydroxylation sites is 1. The predicted molar refractivity (Wildman–Crippen MR) is 104 cm³/mol. The highest BCUT2D eigenvalue weighted by Crippen LogP contribution is 2.31. The second-order valence-corrected chi connectivity index (χ2v) is 5.77. The summed E-state index contributed by atoms with van der Waals surface area (Å²) < 4.78 is 11.2. The lowest BCUT2D eigenvalue weighted by Crippen LogP contribution is -2.21. The van der Waals surface area contributed by atoms with Gasteiger partial charge < -0.3 is 9.47 Å². The zero-order valence-corrected chi connectivity index (χ0v) is 15.2. The lowest BCUT2D eigenvalue weighted by Gasteiger charge is -2.12. The van der Waals surface area contributed by atoms with Crippen molar-refractivity contribution in [2.45, 2.75) is 20.8 Å². The Kier molecular flexibility index (Phi) is 5.37. The van der Waals surface area contributed by atoms with Crippen molar-refractivity contribution in [1.82, 2.24) is 0 Å². The minimum absolute atomic E-state index is 0.138. The Morgan fingerprint density at radius 1 is 1.00 bits per heavy atom. The van der Waals surface area contributed by atoms with Crippen molar-refractivity contribution < 1.29 is 14.3 Å². The third-order valence-corrected chi connectivity index (χ3v) is 3.94. The van der Waals surface area contributed by atoms with Crippen LogP contribution in [0.3, 0.4) is 0 Å². The lowest BCUT2D eigenvalue weighted by molar-refractivity contribution is -0.114. The van der Waals surface area contributed by atoms with E-state index in [1.807, 2.05) is 75.4 Å². The first-order valence-electron chi connectivity index (χ1n) is 8.70. The fourth-order valence-corrected chi connectivity index (χ4v) is 2.75. The molecule has 0 bridgehead atoms. The predicted octanol–water partition coefficient (Wildman–Crippen LogP) is 4.29. The minimum atomic E-state index is -0.138. The van der Waals surface area contributed by atoms with Crippen LogP contribution in [-0.4, -0.2) is 24.8 Å². The molecular formula is C21H22N2O3. The molecule has 0 atom stereocenters. The molecule has 1 amide bonds. The first-order valence-corrected chi connectivity index (χ1v) is 8.70. The first kappa shape index (κ1) is 17.7. The number of amides is 1. The summed E-state index contributed by atoms with van der Waals surface area (Å²) in [5.41, 5.74) is 2.87. The van der Waals surface area contributed by atoms with Gasteiger partial charge in [-0.15, -0.1) is 0 Å². The third kappa shape index (κ3) is 3.61. The molecule has 2 aromatic carbocycles. The van der Waals surface area contributed by atoms with Gasteiger partial charge >= 0.3 is 0 Å². The normalized spacial score (nSPS) is 15.3. The molecule has 0 N–H and O–H groups in total. The van der Waals surface area contributed by atoms with Crippen LogP contribution >= 0.6 is 0 Å². The van der Waals surface area contributed by atoms with Crippen molar-refractivity contribution in [3.05, 3.63) is 59.7 Å². The van der Waals surface area contributed by atoms with Crippen LogP contribution in [0.2, 0.25) is 0 Å². The smallest absolute Gasteiger partial charge is 0.280 e. The summed E-state index contributed by atoms with van der Waals surface area (Å²) in [6.45, 7) is 6.81. The van der Waals surface area contributed by atoms with Gasteiger partial charge in [0.1, 0.15) is 0 Å². The number of benzene rings is 2. The van der Waals surface area contributed by atoms with E-state index in [0.29, 0.717) is 36.0 Å². The van der Waals surface area contributed by atoms with Gasteiger partial charge in [-0.25, -0.2) is 0 Å². The monoisotopic (exact) mass is 350 g/mol. The van der Waals surface area contributed by atoms with E-state index in [4.69, 9.17) is 9.47 Å². The molecule has 1 heterocycles. The van der Waals surface area contributed by atoms with Crippen LogP contribution < -0.4 is 14.5 Å². The van der Waals surface area contributed by atoms with Crippen LogP contribution in [0.4, 0.5) is 5.69 Å². The average Bonchev–Trinajstić information content (AvgIpc) is 2.93. The Morgan fingerprint density at radius 3 is 2.38 bits per heavy atom. The molecule has 26 heavy (non-hydrogen) atoms. The molecule has 1 aliphatic rings. The average molecular weight is 350 g/mol. The van der Waals surface area contributed by atoms with Gasteiger partial charge in [0, 0.05) is 0 Å². The summed E-state index contributed by atoms with van der Waals surface area (Å²) in [6.07, 6.45) is 1.84. The molecule has 0 aliphatic carbocycles. The molecule has 0 aromatic heterocycles. The van der Waals surface area contributed by atoms with Gasteiger partial charge in [0.15, 0.2) is 11.5 Å². The highest BCUT2D eigenvalue weighted by Gasteiger charge is 2.28. The van der Waals surface area contributed by atoms with E-state index in [-0.39, 0.29) is 5.91 Å². The Balaban J connectivity index is 1.91. The van der Waals surface area contributed by atoms with Gasteiger partial charge in [-0.1, -0.05) is 24.3 Å². The Bertz CT molecular complexity index is 857. The summed E-state index contributed by atoms with van der Waals surface area (Å²) in [5.74, 6) is 1.23. The van der Waals surface area contributed by atoms with Crippen molar-refractivity contribution in [1.29, 1.82) is 0 Å². The van der Waals surface area contributed by atoms with Gasteiger partial charge in [0.05, 0.1) is 30.2 Å². The number of hydrogen-bond acceptors (Lipinski definition) is 4. The molecule has 5 heteroatoms. The van der Waals surface area contributed by atoms with Crippen LogP contribution in [0, 0.1) is 0 Å². The molecule has 2 aromatic rings. The number of nitrogens with zero attached hydrogens (tertiary/aromatic N) is 2. The van der Waals surface area contributed by atoms with E-state index in [1.54, 1.807) is 0 Å². The molecule has 3 rings (SSSR count). The van der Waals surface area contributed by atoms with Crippen molar-refractivity contribution in [3.8, 4) is 11.5 Å². The van der Waals surface area contributed by atoms with E-state index >= 15 is 0 Å². The van der Waals surface area contributed by atoms with Gasteiger partial charge in [0.25, 0.3) is 5.91 Å². The van der Waals surface area contributed by atoms with Gasteiger partial charge in [-0.2, -0.15) is 10.1 Å². The van der Waals surface area contributed by atoms with E-state index in [1.165, 1.54) is 5.01 Å². The van der Waals surface area contributed by atoms with Crippen LogP contribution in [0.1, 0.15) is 26.3 Å². The molecule has 134 valence electrons. The second kappa shape index (κ2) is 7.87. The topological polar surface area (TPSA) is 51.1 Å². The van der Waals surface area contributed by atoms with Gasteiger partial charge in [-0.3, -0.25) is 4.79 Å². The SMILES string of the molecule is CCOc1ccc(/C=C2\C(=O)N(c3ccccc3)N=C2C)cc1OCC. The molecule has 0 unspecified atom stereocenters. The maximum Gasteiger partial charge on any atom is 0.280 e. The summed E-state index contributed by atoms with van der Waals surface area (Å²) in [4.78, 5) is 12.8. The summed E-state index contributed by atoms with van der Waals surface area (Å²) in [5, 5.41) is 5.83. The summed E-state index contributed by atoms with van der Waals surface area (Å²) in [6, 6.07) is 15.1. The standard InChI is InChI=1S/C21H22N2O3/c1-4-25-19-12-11-16(14-20(19)26-5-2)13-18-15(3)22-23(21(18)24)17-9-7-6-8-10-17/h6-14H,4-5H2,1-3H3/b18-13-. The molecule has 0 radical (unpaired) electrons. The van der Waals surface area contributed by atoms with E-state index in [2.05, 4.69) is 5.10 Å². The Labute approximate surface area is 153 Å². The molecule has 1 aliphatic heterocycles. The van der Waals surface area contributed by atoms with Crippen LogP contribution in [0.5, 0.6) is 11.5 Å². The fraction of sp³-hybridized carbons (Fsp3) is 0.238. The zero-order chi connectivity index (χ0) is 18.5. The zero-order valence-electron chi connectivity index (χ0n) is 15.2. The molecule has 0 spiro atoms. The van der Waals surface area contributed by atoms with Crippen molar-refractivity contribution >= 4 is 23.4 Å². The summed E-state index contributed by atoms with van der Waals surface area (Å²) >= 11 is 0. The number of ether oxygens (including phenoxy) is 2. The fourth-order valence-electron chi connectivity index (χ4n) is 2.75. The molecule has 0 saturated heterocycles. The quantitative estimate of drug-likeness (QED) is 0.730. The van der Waals surface area contributed by atoms with Crippen LogP contribution in [0.15, 0.2) is 59.2 Å². The van der Waals surface area contributed by atoms with Crippen LogP contribution in [-0.2, 0) is 4.79 Å². The largest absolute Gasteiger partial charge is 0.490 e. The maximum atomic E-state index is 12.8. The summed E-state index contributed by atoms with van der Waals surface area (Å²) in [7, 11) is 0. The minimum Gasteiger partial charge on any atom is -0.490 e. The number of anilines is 1. The van der Waals surface area contributed by atoms with E-state index in [0.717, 1.165) is 11.3 Å².